The molecule has 1 aliphatic heterocycles. The summed E-state index contributed by atoms with van der Waals surface area (Å²) in [4.78, 5) is 4.52. The predicted octanol–water partition coefficient (Wildman–Crippen LogP) is 1.99. The summed E-state index contributed by atoms with van der Waals surface area (Å²) < 4.78 is 10.6. The van der Waals surface area contributed by atoms with Crippen molar-refractivity contribution in [2.75, 3.05) is 20.2 Å². The Bertz CT molecular complexity index is 578. The van der Waals surface area contributed by atoms with E-state index in [1.807, 2.05) is 24.3 Å². The number of aromatic nitrogens is 2. The van der Waals surface area contributed by atoms with Crippen molar-refractivity contribution < 1.29 is 9.26 Å². The Morgan fingerprint density at radius 1 is 1.45 bits per heavy atom. The molecular formula is C15H19N3O2. The van der Waals surface area contributed by atoms with Crippen LogP contribution >= 0.6 is 0 Å². The van der Waals surface area contributed by atoms with Crippen LogP contribution in [-0.2, 0) is 6.42 Å². The zero-order valence-electron chi connectivity index (χ0n) is 11.8. The lowest BCUT2D eigenvalue weighted by Crippen LogP contribution is -2.44. The Morgan fingerprint density at radius 3 is 3.00 bits per heavy atom. The van der Waals surface area contributed by atoms with Crippen molar-refractivity contribution in [3.63, 3.8) is 0 Å². The van der Waals surface area contributed by atoms with Gasteiger partial charge < -0.3 is 14.6 Å². The number of nitrogens with zero attached hydrogens (tertiary/aromatic N) is 2. The smallest absolute Gasteiger partial charge is 0.229 e. The molecule has 1 unspecified atom stereocenters. The zero-order valence-corrected chi connectivity index (χ0v) is 11.8. The molecule has 1 saturated heterocycles. The van der Waals surface area contributed by atoms with Crippen molar-refractivity contribution in [1.82, 2.24) is 15.5 Å². The van der Waals surface area contributed by atoms with Gasteiger partial charge in [0, 0.05) is 12.3 Å². The van der Waals surface area contributed by atoms with E-state index in [9.17, 15) is 0 Å². The maximum absolute atomic E-state index is 5.39. The van der Waals surface area contributed by atoms with Crippen LogP contribution in [0.4, 0.5) is 0 Å². The van der Waals surface area contributed by atoms with Gasteiger partial charge in [-0.05, 0) is 36.7 Å². The third-order valence-corrected chi connectivity index (χ3v) is 3.89. The van der Waals surface area contributed by atoms with Gasteiger partial charge in [0.25, 0.3) is 0 Å². The fourth-order valence-electron chi connectivity index (χ4n) is 2.36. The van der Waals surface area contributed by atoms with Crippen LogP contribution in [0.15, 0.2) is 28.8 Å². The van der Waals surface area contributed by atoms with Crippen LogP contribution in [0.2, 0.25) is 0 Å². The number of methoxy groups -OCH3 is 1. The van der Waals surface area contributed by atoms with Gasteiger partial charge in [0.2, 0.25) is 5.89 Å². The van der Waals surface area contributed by atoms with E-state index in [-0.39, 0.29) is 0 Å². The zero-order chi connectivity index (χ0) is 13.9. The monoisotopic (exact) mass is 273 g/mol. The number of hydrogen-bond acceptors (Lipinski definition) is 5. The van der Waals surface area contributed by atoms with Crippen molar-refractivity contribution >= 4 is 0 Å². The Kier molecular flexibility index (Phi) is 3.69. The summed E-state index contributed by atoms with van der Waals surface area (Å²) in [5.41, 5.74) is 1.12. The molecule has 106 valence electrons. The van der Waals surface area contributed by atoms with E-state index in [0.29, 0.717) is 18.3 Å². The molecule has 1 N–H and O–H groups in total. The Balaban J connectivity index is 1.69. The second-order valence-electron chi connectivity index (χ2n) is 5.28. The summed E-state index contributed by atoms with van der Waals surface area (Å²) in [6, 6.07) is 7.93. The second kappa shape index (κ2) is 5.63. The normalized spacial score (nSPS) is 16.7. The van der Waals surface area contributed by atoms with Crippen molar-refractivity contribution in [3.05, 3.63) is 41.5 Å². The topological polar surface area (TPSA) is 60.2 Å². The first-order valence-corrected chi connectivity index (χ1v) is 6.92. The molecule has 5 nitrogen and oxygen atoms in total. The molecule has 2 aromatic rings. The minimum Gasteiger partial charge on any atom is -0.497 e. The van der Waals surface area contributed by atoms with E-state index in [1.54, 1.807) is 7.11 Å². The van der Waals surface area contributed by atoms with Crippen molar-refractivity contribution in [3.8, 4) is 5.75 Å². The lowest BCUT2D eigenvalue weighted by Gasteiger charge is -2.30. The van der Waals surface area contributed by atoms with Gasteiger partial charge >= 0.3 is 0 Å². The van der Waals surface area contributed by atoms with E-state index in [4.69, 9.17) is 9.26 Å². The number of rotatable bonds is 5. The fraction of sp³-hybridized carbons (Fsp3) is 0.467. The maximum atomic E-state index is 5.39. The molecule has 0 bridgehead atoms. The van der Waals surface area contributed by atoms with Crippen LogP contribution in [0.25, 0.3) is 0 Å². The summed E-state index contributed by atoms with van der Waals surface area (Å²) in [5.74, 6) is 3.25. The molecule has 0 saturated carbocycles. The molecule has 1 fully saturated rings. The summed E-state index contributed by atoms with van der Waals surface area (Å²) in [7, 11) is 1.67. The third kappa shape index (κ3) is 2.67. The van der Waals surface area contributed by atoms with Crippen LogP contribution in [0.3, 0.4) is 0 Å². The quantitative estimate of drug-likeness (QED) is 0.902. The first kappa shape index (κ1) is 13.1. The highest BCUT2D eigenvalue weighted by Crippen LogP contribution is 2.26. The molecule has 20 heavy (non-hydrogen) atoms. The van der Waals surface area contributed by atoms with Crippen LogP contribution in [0, 0.1) is 5.92 Å². The molecule has 2 heterocycles. The number of benzene rings is 1. The largest absolute Gasteiger partial charge is 0.497 e. The van der Waals surface area contributed by atoms with E-state index in [0.717, 1.165) is 36.1 Å². The summed E-state index contributed by atoms with van der Waals surface area (Å²) in [6.45, 7) is 4.22. The van der Waals surface area contributed by atoms with Gasteiger partial charge in [-0.15, -0.1) is 0 Å². The average molecular weight is 273 g/mol. The average Bonchev–Trinajstić information content (AvgIpc) is 2.85. The molecule has 1 aromatic heterocycles. The van der Waals surface area contributed by atoms with E-state index >= 15 is 0 Å². The van der Waals surface area contributed by atoms with Gasteiger partial charge in [0.1, 0.15) is 5.75 Å². The van der Waals surface area contributed by atoms with Crippen LogP contribution in [0.5, 0.6) is 5.75 Å². The van der Waals surface area contributed by atoms with Crippen molar-refractivity contribution in [2.45, 2.75) is 19.3 Å². The van der Waals surface area contributed by atoms with Gasteiger partial charge in [-0.2, -0.15) is 4.98 Å². The van der Waals surface area contributed by atoms with Gasteiger partial charge in [-0.25, -0.2) is 0 Å². The molecular weight excluding hydrogens is 254 g/mol. The molecule has 1 aliphatic rings. The van der Waals surface area contributed by atoms with Gasteiger partial charge in [0.05, 0.1) is 7.11 Å². The molecule has 3 rings (SSSR count). The molecule has 0 spiro atoms. The van der Waals surface area contributed by atoms with Gasteiger partial charge in [-0.3, -0.25) is 0 Å². The predicted molar refractivity (Wildman–Crippen MR) is 74.9 cm³/mol. The minimum atomic E-state index is 0.322. The van der Waals surface area contributed by atoms with Crippen LogP contribution in [0.1, 0.15) is 30.1 Å². The Hall–Kier alpha value is -1.88. The summed E-state index contributed by atoms with van der Waals surface area (Å²) in [5, 5.41) is 7.35. The first-order chi connectivity index (χ1) is 9.76. The van der Waals surface area contributed by atoms with Gasteiger partial charge in [-0.1, -0.05) is 24.2 Å². The first-order valence-electron chi connectivity index (χ1n) is 6.92. The fourth-order valence-corrected chi connectivity index (χ4v) is 2.36. The SMILES string of the molecule is COc1cccc(Cc2noc(C(C)C3CNC3)n2)c1. The second-order valence-corrected chi connectivity index (χ2v) is 5.28. The molecule has 1 atom stereocenters. The lowest BCUT2D eigenvalue weighted by molar-refractivity contribution is 0.252. The number of hydrogen-bond donors (Lipinski definition) is 1. The summed E-state index contributed by atoms with van der Waals surface area (Å²) in [6.07, 6.45) is 0.663. The highest BCUT2D eigenvalue weighted by atomic mass is 16.5. The van der Waals surface area contributed by atoms with E-state index in [2.05, 4.69) is 22.4 Å². The van der Waals surface area contributed by atoms with Crippen LogP contribution < -0.4 is 10.1 Å². The van der Waals surface area contributed by atoms with Crippen LogP contribution in [-0.4, -0.2) is 30.3 Å². The van der Waals surface area contributed by atoms with Crippen molar-refractivity contribution in [2.24, 2.45) is 5.92 Å². The van der Waals surface area contributed by atoms with E-state index < -0.39 is 0 Å². The highest BCUT2D eigenvalue weighted by molar-refractivity contribution is 5.30. The molecule has 5 heteroatoms. The van der Waals surface area contributed by atoms with E-state index in [1.165, 1.54) is 0 Å². The standard InChI is InChI=1S/C15H19N3O2/c1-10(12-8-16-9-12)15-17-14(18-20-15)7-11-4-3-5-13(6-11)19-2/h3-6,10,12,16H,7-9H2,1-2H3. The minimum absolute atomic E-state index is 0.322. The number of ether oxygens (including phenoxy) is 1. The maximum Gasteiger partial charge on any atom is 0.229 e. The van der Waals surface area contributed by atoms with Crippen molar-refractivity contribution in [1.29, 1.82) is 0 Å². The molecule has 0 amide bonds. The Labute approximate surface area is 118 Å². The molecule has 0 aliphatic carbocycles. The molecule has 0 radical (unpaired) electrons. The Morgan fingerprint density at radius 2 is 2.30 bits per heavy atom. The third-order valence-electron chi connectivity index (χ3n) is 3.89. The van der Waals surface area contributed by atoms with Gasteiger partial charge in [0.15, 0.2) is 5.82 Å². The highest BCUT2D eigenvalue weighted by Gasteiger charge is 2.28. The lowest BCUT2D eigenvalue weighted by atomic mass is 9.89. The number of nitrogens with one attached hydrogen (secondary N) is 1. The molecule has 1 aromatic carbocycles. The summed E-state index contributed by atoms with van der Waals surface area (Å²) >= 11 is 0.